The van der Waals surface area contributed by atoms with Crippen molar-refractivity contribution in [2.24, 2.45) is 5.92 Å². The molecule has 0 aliphatic carbocycles. The molecular formula is C37H41N7O3. The van der Waals surface area contributed by atoms with Crippen LogP contribution in [0.2, 0.25) is 0 Å². The van der Waals surface area contributed by atoms with E-state index in [2.05, 4.69) is 86.2 Å². The van der Waals surface area contributed by atoms with E-state index in [9.17, 15) is 9.59 Å². The van der Waals surface area contributed by atoms with Crippen LogP contribution >= 0.6 is 0 Å². The first kappa shape index (κ1) is 30.7. The molecule has 3 aromatic carbocycles. The fourth-order valence-corrected chi connectivity index (χ4v) is 6.86. The molecule has 0 spiro atoms. The SMILES string of the molecule is COC(=O)N[C@H](C(=O)N1CCCC1c1ncc(-c2ccc3cc(-c4ccc(-c5cnc([C@@H]6CCCN6)[nH]5)cc4)ccc3c2)[nH]1)C(C)C. The normalized spacial score (nSPS) is 18.6. The highest BCUT2D eigenvalue weighted by molar-refractivity contribution is 5.91. The minimum atomic E-state index is -0.663. The lowest BCUT2D eigenvalue weighted by molar-refractivity contribution is -0.135. The van der Waals surface area contributed by atoms with E-state index < -0.39 is 12.1 Å². The zero-order valence-corrected chi connectivity index (χ0v) is 27.0. The highest BCUT2D eigenvalue weighted by atomic mass is 16.5. The first-order valence-corrected chi connectivity index (χ1v) is 16.5. The van der Waals surface area contributed by atoms with E-state index in [0.717, 1.165) is 81.9 Å². The van der Waals surface area contributed by atoms with Crippen LogP contribution in [-0.4, -0.2) is 63.1 Å². The average molecular weight is 632 g/mol. The van der Waals surface area contributed by atoms with Crippen molar-refractivity contribution in [3.63, 3.8) is 0 Å². The Morgan fingerprint density at radius 2 is 1.47 bits per heavy atom. The summed E-state index contributed by atoms with van der Waals surface area (Å²) in [5.74, 6) is 1.57. The number of hydrogen-bond acceptors (Lipinski definition) is 6. The van der Waals surface area contributed by atoms with E-state index >= 15 is 0 Å². The van der Waals surface area contributed by atoms with E-state index in [1.54, 1.807) is 0 Å². The number of fused-ring (bicyclic) bond motifs is 1. The Labute approximate surface area is 274 Å². The number of nitrogens with one attached hydrogen (secondary N) is 4. The van der Waals surface area contributed by atoms with Crippen LogP contribution in [-0.2, 0) is 9.53 Å². The number of carbonyl (C=O) groups is 2. The summed E-state index contributed by atoms with van der Waals surface area (Å²) in [6.07, 6.45) is 7.16. The lowest BCUT2D eigenvalue weighted by Gasteiger charge is -2.30. The number of amides is 2. The summed E-state index contributed by atoms with van der Waals surface area (Å²) in [4.78, 5) is 43.6. The Bertz CT molecular complexity index is 1890. The second kappa shape index (κ2) is 13.0. The van der Waals surface area contributed by atoms with Crippen molar-refractivity contribution < 1.29 is 14.3 Å². The van der Waals surface area contributed by atoms with E-state index in [0.29, 0.717) is 12.6 Å². The van der Waals surface area contributed by atoms with Crippen LogP contribution in [0.25, 0.3) is 44.4 Å². The Balaban J connectivity index is 1.06. The van der Waals surface area contributed by atoms with Crippen LogP contribution < -0.4 is 10.6 Å². The van der Waals surface area contributed by atoms with Gasteiger partial charge in [-0.2, -0.15) is 0 Å². The number of hydrogen-bond donors (Lipinski definition) is 4. The third kappa shape index (κ3) is 6.25. The molecule has 10 nitrogen and oxygen atoms in total. The van der Waals surface area contributed by atoms with Gasteiger partial charge in [0.2, 0.25) is 5.91 Å². The molecule has 4 heterocycles. The molecule has 10 heteroatoms. The quantitative estimate of drug-likeness (QED) is 0.150. The molecule has 2 saturated heterocycles. The number of aromatic nitrogens is 4. The number of H-pyrrole nitrogens is 2. The molecule has 5 aromatic rings. The van der Waals surface area contributed by atoms with Gasteiger partial charge in [-0.25, -0.2) is 14.8 Å². The number of alkyl carbamates (subject to hydrolysis) is 1. The molecule has 2 amide bonds. The highest BCUT2D eigenvalue weighted by Crippen LogP contribution is 2.34. The zero-order chi connectivity index (χ0) is 32.5. The lowest BCUT2D eigenvalue weighted by Crippen LogP contribution is -2.51. The van der Waals surface area contributed by atoms with Crippen molar-refractivity contribution in [1.82, 2.24) is 35.5 Å². The van der Waals surface area contributed by atoms with Crippen molar-refractivity contribution in [3.8, 4) is 33.6 Å². The maximum absolute atomic E-state index is 13.5. The van der Waals surface area contributed by atoms with Gasteiger partial charge in [-0.05, 0) is 77.7 Å². The number of ether oxygens (including phenoxy) is 1. The third-order valence-electron chi connectivity index (χ3n) is 9.50. The Hall–Kier alpha value is -4.96. The van der Waals surface area contributed by atoms with Gasteiger partial charge in [0.05, 0.1) is 43.0 Å². The second-order valence-electron chi connectivity index (χ2n) is 12.9. The van der Waals surface area contributed by atoms with Gasteiger partial charge in [0.1, 0.15) is 17.7 Å². The van der Waals surface area contributed by atoms with Gasteiger partial charge in [0, 0.05) is 12.1 Å². The molecule has 4 N–H and O–H groups in total. The molecule has 7 rings (SSSR count). The van der Waals surface area contributed by atoms with Gasteiger partial charge in [-0.15, -0.1) is 0 Å². The molecule has 0 radical (unpaired) electrons. The highest BCUT2D eigenvalue weighted by Gasteiger charge is 2.37. The molecule has 0 bridgehead atoms. The van der Waals surface area contributed by atoms with Crippen LogP contribution in [0.4, 0.5) is 4.79 Å². The first-order chi connectivity index (χ1) is 22.9. The summed E-state index contributed by atoms with van der Waals surface area (Å²) < 4.78 is 4.76. The third-order valence-corrected chi connectivity index (χ3v) is 9.50. The topological polar surface area (TPSA) is 128 Å². The first-order valence-electron chi connectivity index (χ1n) is 16.5. The summed E-state index contributed by atoms with van der Waals surface area (Å²) in [5.41, 5.74) is 6.41. The standard InChI is InChI=1S/C37H41N7O3/c1-22(2)33(43-37(46)47-3)36(45)44-17-5-7-32(44)35-40-21-31(42-35)28-15-14-26-18-25(12-13-27(26)19-28)23-8-10-24(11-9-23)30-20-39-34(41-30)29-6-4-16-38-29/h8-15,18-22,29,32-33,38H,4-7,16-17H2,1-3H3,(H,39,41)(H,40,42)(H,43,46)/t29-,32?,33-/m0/s1. The second-order valence-corrected chi connectivity index (χ2v) is 12.9. The van der Waals surface area contributed by atoms with Crippen molar-refractivity contribution in [3.05, 3.63) is 84.7 Å². The molecule has 2 aromatic heterocycles. The number of likely N-dealkylation sites (tertiary alicyclic amines) is 1. The van der Waals surface area contributed by atoms with Gasteiger partial charge >= 0.3 is 6.09 Å². The number of imidazole rings is 2. The van der Waals surface area contributed by atoms with Crippen molar-refractivity contribution in [1.29, 1.82) is 0 Å². The molecule has 2 aliphatic rings. The monoisotopic (exact) mass is 631 g/mol. The van der Waals surface area contributed by atoms with E-state index in [1.165, 1.54) is 13.5 Å². The van der Waals surface area contributed by atoms with Gasteiger partial charge in [0.15, 0.2) is 0 Å². The van der Waals surface area contributed by atoms with E-state index in [1.807, 2.05) is 31.1 Å². The average Bonchev–Trinajstić information content (AvgIpc) is 3.93. The number of methoxy groups -OCH3 is 1. The molecule has 2 aliphatic heterocycles. The Morgan fingerprint density at radius 1 is 0.830 bits per heavy atom. The predicted octanol–water partition coefficient (Wildman–Crippen LogP) is 6.76. The largest absolute Gasteiger partial charge is 0.453 e. The molecule has 2 fully saturated rings. The van der Waals surface area contributed by atoms with Gasteiger partial charge in [-0.1, -0.05) is 62.4 Å². The molecule has 3 atom stereocenters. The summed E-state index contributed by atoms with van der Waals surface area (Å²) in [5, 5.41) is 8.50. The lowest BCUT2D eigenvalue weighted by atomic mass is 9.98. The number of aromatic amines is 2. The summed E-state index contributed by atoms with van der Waals surface area (Å²) in [6, 6.07) is 21.1. The molecule has 47 heavy (non-hydrogen) atoms. The van der Waals surface area contributed by atoms with Gasteiger partial charge < -0.3 is 30.2 Å². The Kier molecular flexibility index (Phi) is 8.51. The smallest absolute Gasteiger partial charge is 0.407 e. The van der Waals surface area contributed by atoms with E-state index in [4.69, 9.17) is 9.72 Å². The van der Waals surface area contributed by atoms with Crippen LogP contribution in [0.3, 0.4) is 0 Å². The number of benzene rings is 3. The minimum Gasteiger partial charge on any atom is -0.453 e. The fraction of sp³-hybridized carbons (Fsp3) is 0.351. The fourth-order valence-electron chi connectivity index (χ4n) is 6.86. The maximum atomic E-state index is 13.5. The van der Waals surface area contributed by atoms with Crippen molar-refractivity contribution in [2.45, 2.75) is 57.7 Å². The molecule has 1 unspecified atom stereocenters. The van der Waals surface area contributed by atoms with Crippen LogP contribution in [0.1, 0.15) is 63.3 Å². The van der Waals surface area contributed by atoms with Crippen molar-refractivity contribution >= 4 is 22.8 Å². The molecule has 242 valence electrons. The van der Waals surface area contributed by atoms with Crippen LogP contribution in [0, 0.1) is 5.92 Å². The summed E-state index contributed by atoms with van der Waals surface area (Å²) in [7, 11) is 1.30. The number of carbonyl (C=O) groups excluding carboxylic acids is 2. The minimum absolute atomic E-state index is 0.0815. The predicted molar refractivity (Wildman–Crippen MR) is 182 cm³/mol. The summed E-state index contributed by atoms with van der Waals surface area (Å²) in [6.45, 7) is 5.50. The summed E-state index contributed by atoms with van der Waals surface area (Å²) >= 11 is 0. The zero-order valence-electron chi connectivity index (χ0n) is 27.0. The number of rotatable bonds is 8. The molecule has 0 saturated carbocycles. The van der Waals surface area contributed by atoms with Crippen LogP contribution in [0.5, 0.6) is 0 Å². The van der Waals surface area contributed by atoms with Crippen molar-refractivity contribution in [2.75, 3.05) is 20.2 Å². The number of nitrogens with zero attached hydrogens (tertiary/aromatic N) is 3. The van der Waals surface area contributed by atoms with Gasteiger partial charge in [0.25, 0.3) is 0 Å². The maximum Gasteiger partial charge on any atom is 0.407 e. The van der Waals surface area contributed by atoms with Gasteiger partial charge in [-0.3, -0.25) is 4.79 Å². The Morgan fingerprint density at radius 3 is 2.17 bits per heavy atom. The molecular weight excluding hydrogens is 590 g/mol. The van der Waals surface area contributed by atoms with E-state index in [-0.39, 0.29) is 17.9 Å². The van der Waals surface area contributed by atoms with Crippen LogP contribution in [0.15, 0.2) is 73.1 Å².